The molecule has 17 heavy (non-hydrogen) atoms. The van der Waals surface area contributed by atoms with Crippen LogP contribution in [0.25, 0.3) is 0 Å². The molecule has 0 saturated carbocycles. The Hall–Kier alpha value is -1.34. The maximum Gasteiger partial charge on any atom is 0.231 e. The second-order valence-electron chi connectivity index (χ2n) is 3.01. The Bertz CT molecular complexity index is 537. The maximum absolute atomic E-state index is 5.79. The van der Waals surface area contributed by atoms with Crippen molar-refractivity contribution in [3.63, 3.8) is 0 Å². The van der Waals surface area contributed by atoms with Crippen LogP contribution in [0, 0.1) is 0 Å². The predicted octanol–water partition coefficient (Wildman–Crippen LogP) is 2.38. The molecule has 2 N–H and O–H groups in total. The molecule has 0 unspecified atom stereocenters. The van der Waals surface area contributed by atoms with Gasteiger partial charge in [0.05, 0.1) is 17.3 Å². The first kappa shape index (κ1) is 12.1. The van der Waals surface area contributed by atoms with Crippen LogP contribution in [0.1, 0.15) is 0 Å². The second kappa shape index (κ2) is 5.33. The summed E-state index contributed by atoms with van der Waals surface area (Å²) >= 11 is 4.58. The van der Waals surface area contributed by atoms with Crippen LogP contribution in [0.15, 0.2) is 39.2 Å². The van der Waals surface area contributed by atoms with Gasteiger partial charge in [0, 0.05) is 12.4 Å². The number of ether oxygens (including phenoxy) is 1. The number of pyridine rings is 1. The highest BCUT2D eigenvalue weighted by Crippen LogP contribution is 2.30. The van der Waals surface area contributed by atoms with Gasteiger partial charge in [-0.25, -0.2) is 9.97 Å². The summed E-state index contributed by atoms with van der Waals surface area (Å²) in [6.07, 6.45) is 3.31. The Kier molecular flexibility index (Phi) is 3.80. The van der Waals surface area contributed by atoms with Crippen molar-refractivity contribution in [1.82, 2.24) is 15.0 Å². The van der Waals surface area contributed by atoms with E-state index in [9.17, 15) is 0 Å². The van der Waals surface area contributed by atoms with Crippen molar-refractivity contribution in [3.05, 3.63) is 29.0 Å². The predicted molar refractivity (Wildman–Crippen MR) is 69.1 cm³/mol. The molecule has 0 atom stereocenters. The summed E-state index contributed by atoms with van der Waals surface area (Å²) in [7, 11) is 1.55. The first-order valence-corrected chi connectivity index (χ1v) is 6.26. The van der Waals surface area contributed by atoms with Gasteiger partial charge in [-0.15, -0.1) is 0 Å². The fourth-order valence-corrected chi connectivity index (χ4v) is 2.16. The molecule has 0 aliphatic rings. The average Bonchev–Trinajstić information content (AvgIpc) is 2.34. The Morgan fingerprint density at radius 3 is 2.94 bits per heavy atom. The summed E-state index contributed by atoms with van der Waals surface area (Å²) in [5.41, 5.74) is 6.39. The van der Waals surface area contributed by atoms with Crippen LogP contribution in [0.3, 0.4) is 0 Å². The van der Waals surface area contributed by atoms with Crippen LogP contribution >= 0.6 is 27.7 Å². The van der Waals surface area contributed by atoms with Gasteiger partial charge in [0.1, 0.15) is 5.03 Å². The number of rotatable bonds is 3. The minimum Gasteiger partial charge on any atom is -0.480 e. The largest absolute Gasteiger partial charge is 0.480 e. The third-order valence-electron chi connectivity index (χ3n) is 1.87. The highest BCUT2D eigenvalue weighted by atomic mass is 79.9. The van der Waals surface area contributed by atoms with Gasteiger partial charge in [0.15, 0.2) is 5.16 Å². The first-order valence-electron chi connectivity index (χ1n) is 4.65. The van der Waals surface area contributed by atoms with Gasteiger partial charge in [-0.2, -0.15) is 4.98 Å². The Balaban J connectivity index is 2.28. The Labute approximate surface area is 111 Å². The van der Waals surface area contributed by atoms with E-state index in [-0.39, 0.29) is 0 Å². The number of halogens is 1. The first-order chi connectivity index (χ1) is 8.20. The molecule has 0 radical (unpaired) electrons. The van der Waals surface area contributed by atoms with Crippen molar-refractivity contribution in [3.8, 4) is 5.88 Å². The van der Waals surface area contributed by atoms with E-state index in [1.54, 1.807) is 31.6 Å². The van der Waals surface area contributed by atoms with E-state index >= 15 is 0 Å². The zero-order valence-electron chi connectivity index (χ0n) is 8.92. The molecular formula is C10H9BrN4OS. The molecule has 0 aliphatic heterocycles. The van der Waals surface area contributed by atoms with Crippen LogP contribution in [0.4, 0.5) is 5.69 Å². The molecule has 0 spiro atoms. The SMILES string of the molecule is COc1nc(Sc2ncccc2N)ncc1Br. The van der Waals surface area contributed by atoms with Gasteiger partial charge in [-0.1, -0.05) is 0 Å². The third kappa shape index (κ3) is 2.86. The number of nitrogen functional groups attached to an aromatic ring is 1. The molecule has 0 fully saturated rings. The molecule has 0 aromatic carbocycles. The molecule has 0 aliphatic carbocycles. The quantitative estimate of drug-likeness (QED) is 0.877. The number of hydrogen-bond acceptors (Lipinski definition) is 6. The van der Waals surface area contributed by atoms with Gasteiger partial charge in [-0.05, 0) is 39.8 Å². The van der Waals surface area contributed by atoms with Gasteiger partial charge >= 0.3 is 0 Å². The summed E-state index contributed by atoms with van der Waals surface area (Å²) in [6.45, 7) is 0. The second-order valence-corrected chi connectivity index (χ2v) is 4.82. The molecule has 0 bridgehead atoms. The number of aromatic nitrogens is 3. The van der Waals surface area contributed by atoms with Crippen LogP contribution in [-0.2, 0) is 0 Å². The van der Waals surface area contributed by atoms with Crippen LogP contribution < -0.4 is 10.5 Å². The van der Waals surface area contributed by atoms with E-state index in [2.05, 4.69) is 30.9 Å². The van der Waals surface area contributed by atoms with E-state index < -0.39 is 0 Å². The molecule has 0 amide bonds. The lowest BCUT2D eigenvalue weighted by Gasteiger charge is -2.05. The Morgan fingerprint density at radius 1 is 1.41 bits per heavy atom. The number of nitrogens with two attached hydrogens (primary N) is 1. The van der Waals surface area contributed by atoms with Crippen LogP contribution in [0.2, 0.25) is 0 Å². The van der Waals surface area contributed by atoms with Gasteiger partial charge in [0.2, 0.25) is 5.88 Å². The lowest BCUT2D eigenvalue weighted by atomic mass is 10.4. The van der Waals surface area contributed by atoms with Crippen molar-refractivity contribution in [2.75, 3.05) is 12.8 Å². The highest BCUT2D eigenvalue weighted by Gasteiger charge is 2.09. The highest BCUT2D eigenvalue weighted by molar-refractivity contribution is 9.10. The van der Waals surface area contributed by atoms with Crippen LogP contribution in [0.5, 0.6) is 5.88 Å². The number of hydrogen-bond donors (Lipinski definition) is 1. The van der Waals surface area contributed by atoms with Crippen LogP contribution in [-0.4, -0.2) is 22.1 Å². The normalized spacial score (nSPS) is 10.2. The molecule has 0 saturated heterocycles. The topological polar surface area (TPSA) is 73.9 Å². The van der Waals surface area contributed by atoms with Gasteiger partial charge < -0.3 is 10.5 Å². The van der Waals surface area contributed by atoms with E-state index in [4.69, 9.17) is 10.5 Å². The maximum atomic E-state index is 5.79. The zero-order valence-corrected chi connectivity index (χ0v) is 11.3. The molecule has 2 rings (SSSR count). The fourth-order valence-electron chi connectivity index (χ4n) is 1.10. The molecular weight excluding hydrogens is 304 g/mol. The van der Waals surface area contributed by atoms with E-state index in [1.807, 2.05) is 0 Å². The smallest absolute Gasteiger partial charge is 0.231 e. The number of methoxy groups -OCH3 is 1. The summed E-state index contributed by atoms with van der Waals surface area (Å²) < 4.78 is 5.80. The van der Waals surface area contributed by atoms with Gasteiger partial charge in [0.25, 0.3) is 0 Å². The third-order valence-corrected chi connectivity index (χ3v) is 3.33. The average molecular weight is 313 g/mol. The molecule has 88 valence electrons. The zero-order chi connectivity index (χ0) is 12.3. The van der Waals surface area contributed by atoms with Gasteiger partial charge in [-0.3, -0.25) is 0 Å². The fraction of sp³-hybridized carbons (Fsp3) is 0.100. The minimum absolute atomic E-state index is 0.483. The molecule has 5 nitrogen and oxygen atoms in total. The van der Waals surface area contributed by atoms with E-state index in [0.717, 1.165) is 0 Å². The molecule has 2 aromatic heterocycles. The molecule has 2 heterocycles. The van der Waals surface area contributed by atoms with Crippen molar-refractivity contribution in [1.29, 1.82) is 0 Å². The van der Waals surface area contributed by atoms with Crippen molar-refractivity contribution >= 4 is 33.4 Å². The lowest BCUT2D eigenvalue weighted by Crippen LogP contribution is -1.95. The summed E-state index contributed by atoms with van der Waals surface area (Å²) in [5, 5.41) is 1.22. The molecule has 2 aromatic rings. The van der Waals surface area contributed by atoms with E-state index in [1.165, 1.54) is 11.8 Å². The summed E-state index contributed by atoms with van der Waals surface area (Å²) in [6, 6.07) is 3.56. The Morgan fingerprint density at radius 2 is 2.24 bits per heavy atom. The lowest BCUT2D eigenvalue weighted by molar-refractivity contribution is 0.389. The van der Waals surface area contributed by atoms with E-state index in [0.29, 0.717) is 26.2 Å². The van der Waals surface area contributed by atoms with Crippen molar-refractivity contribution < 1.29 is 4.74 Å². The standard InChI is InChI=1S/C10H9BrN4OS/c1-16-8-6(11)5-14-10(15-8)17-9-7(12)3-2-4-13-9/h2-5H,12H2,1H3. The summed E-state index contributed by atoms with van der Waals surface area (Å²) in [4.78, 5) is 12.5. The molecule has 7 heteroatoms. The van der Waals surface area contributed by atoms with Crippen molar-refractivity contribution in [2.24, 2.45) is 0 Å². The number of anilines is 1. The number of nitrogens with zero attached hydrogens (tertiary/aromatic N) is 3. The monoisotopic (exact) mass is 312 g/mol. The minimum atomic E-state index is 0.483. The van der Waals surface area contributed by atoms with Crippen molar-refractivity contribution in [2.45, 2.75) is 10.2 Å². The summed E-state index contributed by atoms with van der Waals surface area (Å²) in [5.74, 6) is 0.483.